The summed E-state index contributed by atoms with van der Waals surface area (Å²) in [5.41, 5.74) is 1.83. The van der Waals surface area contributed by atoms with Crippen LogP contribution in [0.4, 0.5) is 5.69 Å². The van der Waals surface area contributed by atoms with Gasteiger partial charge < -0.3 is 5.32 Å². The molecule has 0 aliphatic rings. The average Bonchev–Trinajstić information content (AvgIpc) is 2.68. The van der Waals surface area contributed by atoms with Crippen LogP contribution in [0.25, 0.3) is 0 Å². The van der Waals surface area contributed by atoms with Crippen LogP contribution in [0.5, 0.6) is 0 Å². The summed E-state index contributed by atoms with van der Waals surface area (Å²) in [5.74, 6) is -0.307. The minimum Gasteiger partial charge on any atom is -0.370 e. The predicted molar refractivity (Wildman–Crippen MR) is 113 cm³/mol. The number of rotatable bonds is 9. The van der Waals surface area contributed by atoms with Gasteiger partial charge in [0.15, 0.2) is 17.4 Å². The maximum absolute atomic E-state index is 13.2. The number of aryl methyl sites for hydroxylation is 2. The number of Topliss-reactive ketones (excluding diaryl/α,β-unsaturated/α-hetero) is 1. The number of nitro benzene ring substituents is 1. The molecule has 0 aliphatic heterocycles. The van der Waals surface area contributed by atoms with E-state index in [4.69, 9.17) is 12.2 Å². The van der Waals surface area contributed by atoms with Gasteiger partial charge in [0.25, 0.3) is 11.7 Å². The van der Waals surface area contributed by atoms with Crippen molar-refractivity contribution in [3.63, 3.8) is 0 Å². The molecule has 0 fully saturated rings. The highest BCUT2D eigenvalue weighted by atomic mass is 32.1. The van der Waals surface area contributed by atoms with Crippen LogP contribution in [0.15, 0.2) is 55.4 Å². The fourth-order valence-electron chi connectivity index (χ4n) is 2.87. The Bertz CT molecular complexity index is 894. The number of pyridine rings is 1. The van der Waals surface area contributed by atoms with Gasteiger partial charge in [-0.2, -0.15) is 4.57 Å². The third kappa shape index (κ3) is 5.07. The van der Waals surface area contributed by atoms with E-state index in [0.717, 1.165) is 12.8 Å². The van der Waals surface area contributed by atoms with Crippen LogP contribution in [-0.2, 0) is 6.42 Å². The summed E-state index contributed by atoms with van der Waals surface area (Å²) >= 11 is 5.46. The molecule has 0 aliphatic carbocycles. The molecule has 0 saturated heterocycles. The summed E-state index contributed by atoms with van der Waals surface area (Å²) in [4.78, 5) is 24.4. The van der Waals surface area contributed by atoms with Crippen molar-refractivity contribution in [2.45, 2.75) is 32.7 Å². The first kappa shape index (κ1) is 21.4. The van der Waals surface area contributed by atoms with Crippen molar-refractivity contribution in [1.29, 1.82) is 0 Å². The first-order valence-corrected chi connectivity index (χ1v) is 9.47. The van der Waals surface area contributed by atoms with E-state index in [1.165, 1.54) is 11.6 Å². The Morgan fingerprint density at radius 3 is 2.61 bits per heavy atom. The summed E-state index contributed by atoms with van der Waals surface area (Å²) in [7, 11) is 0. The molecule has 1 aromatic heterocycles. The molecule has 2 rings (SSSR count). The molecule has 7 heteroatoms. The Morgan fingerprint density at radius 1 is 1.36 bits per heavy atom. The molecule has 146 valence electrons. The molecular formula is C21H24N3O3S+. The highest BCUT2D eigenvalue weighted by molar-refractivity contribution is 7.80. The van der Waals surface area contributed by atoms with Crippen LogP contribution >= 0.6 is 12.2 Å². The van der Waals surface area contributed by atoms with Crippen LogP contribution in [0.1, 0.15) is 40.9 Å². The summed E-state index contributed by atoms with van der Waals surface area (Å²) in [6.07, 6.45) is 7.26. The lowest BCUT2D eigenvalue weighted by molar-refractivity contribution is -0.692. The molecule has 0 saturated carbocycles. The molecule has 2 aromatic rings. The number of carbonyl (C=O) groups excluding carboxylic acids is 1. The van der Waals surface area contributed by atoms with Crippen LogP contribution < -0.4 is 9.88 Å². The van der Waals surface area contributed by atoms with E-state index in [0.29, 0.717) is 17.1 Å². The summed E-state index contributed by atoms with van der Waals surface area (Å²) in [5, 5.41) is 14.3. The lowest BCUT2D eigenvalue weighted by Gasteiger charge is -2.14. The third-order valence-electron chi connectivity index (χ3n) is 4.37. The topological polar surface area (TPSA) is 76.1 Å². The van der Waals surface area contributed by atoms with Gasteiger partial charge >= 0.3 is 0 Å². The highest BCUT2D eigenvalue weighted by Gasteiger charge is 2.34. The number of benzene rings is 1. The van der Waals surface area contributed by atoms with Gasteiger partial charge in [-0.05, 0) is 18.9 Å². The maximum atomic E-state index is 13.2. The smallest absolute Gasteiger partial charge is 0.273 e. The largest absolute Gasteiger partial charge is 0.370 e. The van der Waals surface area contributed by atoms with Crippen molar-refractivity contribution in [2.75, 3.05) is 6.54 Å². The van der Waals surface area contributed by atoms with Gasteiger partial charge in [-0.15, -0.1) is 6.58 Å². The molecule has 0 spiro atoms. The standard InChI is InChI=1S/C21H23N3O3S/c1-4-6-16-9-12-23(13-10-16)19(21(28)22-11-5-2)20(25)17-8-7-15(3)18(14-17)24(26)27/h5,7-10,12-14,19H,2,4,6,11H2,1,3H3/p+1/t19-/m0/s1. The second-order valence-corrected chi connectivity index (χ2v) is 6.90. The SMILES string of the molecule is C=CCNC(=S)[C@H](C(=O)c1ccc(C)c([N+](=O)[O-])c1)[n+]1ccc(CCC)cc1. The fourth-order valence-corrected chi connectivity index (χ4v) is 3.18. The summed E-state index contributed by atoms with van der Waals surface area (Å²) in [6.45, 7) is 7.82. The fraction of sp³-hybridized carbons (Fsp3) is 0.286. The highest BCUT2D eigenvalue weighted by Crippen LogP contribution is 2.22. The Morgan fingerprint density at radius 2 is 2.04 bits per heavy atom. The zero-order valence-electron chi connectivity index (χ0n) is 16.1. The zero-order valence-corrected chi connectivity index (χ0v) is 16.9. The number of nitrogens with zero attached hydrogens (tertiary/aromatic N) is 2. The van der Waals surface area contributed by atoms with Crippen LogP contribution in [0, 0.1) is 17.0 Å². The third-order valence-corrected chi connectivity index (χ3v) is 4.73. The van der Waals surface area contributed by atoms with Gasteiger partial charge in [-0.1, -0.05) is 43.8 Å². The number of thiocarbonyl (C=S) groups is 1. The van der Waals surface area contributed by atoms with Crippen molar-refractivity contribution >= 4 is 28.7 Å². The Kier molecular flexibility index (Phi) is 7.52. The second-order valence-electron chi connectivity index (χ2n) is 6.46. The van der Waals surface area contributed by atoms with Gasteiger partial charge in [0, 0.05) is 35.9 Å². The molecule has 6 nitrogen and oxygen atoms in total. The Labute approximate surface area is 170 Å². The molecule has 0 bridgehead atoms. The van der Waals surface area contributed by atoms with E-state index in [9.17, 15) is 14.9 Å². The Hall–Kier alpha value is -2.93. The predicted octanol–water partition coefficient (Wildman–Crippen LogP) is 3.67. The van der Waals surface area contributed by atoms with Crippen LogP contribution in [-0.4, -0.2) is 22.2 Å². The quantitative estimate of drug-likeness (QED) is 0.174. The number of hydrogen-bond donors (Lipinski definition) is 1. The van der Waals surface area contributed by atoms with Crippen LogP contribution in [0.2, 0.25) is 0 Å². The van der Waals surface area contributed by atoms with E-state index in [1.807, 2.05) is 24.5 Å². The van der Waals surface area contributed by atoms with Gasteiger partial charge in [-0.3, -0.25) is 14.9 Å². The summed E-state index contributed by atoms with van der Waals surface area (Å²) in [6, 6.07) is 7.60. The molecule has 1 heterocycles. The maximum Gasteiger partial charge on any atom is 0.273 e. The zero-order chi connectivity index (χ0) is 20.7. The van der Waals surface area contributed by atoms with Gasteiger partial charge in [0.2, 0.25) is 5.78 Å². The molecular weight excluding hydrogens is 374 g/mol. The minimum atomic E-state index is -0.798. The van der Waals surface area contributed by atoms with E-state index in [2.05, 4.69) is 18.8 Å². The van der Waals surface area contributed by atoms with Gasteiger partial charge in [-0.25, -0.2) is 0 Å². The van der Waals surface area contributed by atoms with Gasteiger partial charge in [0.1, 0.15) is 0 Å². The number of ketones is 1. The number of hydrogen-bond acceptors (Lipinski definition) is 4. The van der Waals surface area contributed by atoms with Crippen molar-refractivity contribution in [3.05, 3.63) is 82.2 Å². The lowest BCUT2D eigenvalue weighted by Crippen LogP contribution is -2.51. The van der Waals surface area contributed by atoms with Crippen molar-refractivity contribution in [3.8, 4) is 0 Å². The van der Waals surface area contributed by atoms with Crippen molar-refractivity contribution in [2.24, 2.45) is 0 Å². The van der Waals surface area contributed by atoms with Crippen LogP contribution in [0.3, 0.4) is 0 Å². The van der Waals surface area contributed by atoms with Crippen molar-refractivity contribution in [1.82, 2.24) is 5.32 Å². The van der Waals surface area contributed by atoms with Gasteiger partial charge in [0.05, 0.1) is 4.92 Å². The number of nitrogens with one attached hydrogen (secondary N) is 1. The number of carbonyl (C=O) groups is 1. The van der Waals surface area contributed by atoms with E-state index < -0.39 is 11.0 Å². The molecule has 1 N–H and O–H groups in total. The minimum absolute atomic E-state index is 0.0853. The normalized spacial score (nSPS) is 11.5. The second kappa shape index (κ2) is 9.85. The average molecular weight is 399 g/mol. The lowest BCUT2D eigenvalue weighted by atomic mass is 10.0. The molecule has 0 amide bonds. The van der Waals surface area contributed by atoms with E-state index >= 15 is 0 Å². The molecule has 1 atom stereocenters. The monoisotopic (exact) mass is 398 g/mol. The van der Waals surface area contributed by atoms with Crippen molar-refractivity contribution < 1.29 is 14.3 Å². The first-order valence-electron chi connectivity index (χ1n) is 9.06. The molecule has 28 heavy (non-hydrogen) atoms. The first-order chi connectivity index (χ1) is 13.4. The molecule has 0 unspecified atom stereocenters. The Balaban J connectivity index is 2.44. The number of aromatic nitrogens is 1. The number of nitro groups is 1. The summed E-state index contributed by atoms with van der Waals surface area (Å²) < 4.78 is 1.73. The van der Waals surface area contributed by atoms with E-state index in [1.54, 1.807) is 29.7 Å². The molecule has 0 radical (unpaired) electrons. The van der Waals surface area contributed by atoms with E-state index in [-0.39, 0.29) is 17.0 Å². The molecule has 1 aromatic carbocycles.